The number of benzene rings is 1. The Labute approximate surface area is 126 Å². The summed E-state index contributed by atoms with van der Waals surface area (Å²) in [6.07, 6.45) is 2.10. The van der Waals surface area contributed by atoms with Crippen LogP contribution in [0.25, 0.3) is 0 Å². The van der Waals surface area contributed by atoms with Gasteiger partial charge in [-0.25, -0.2) is 0 Å². The molecule has 3 N–H and O–H groups in total. The number of hydrogen-bond acceptors (Lipinski definition) is 4. The Morgan fingerprint density at radius 1 is 1.38 bits per heavy atom. The van der Waals surface area contributed by atoms with Gasteiger partial charge in [0.15, 0.2) is 0 Å². The fourth-order valence-electron chi connectivity index (χ4n) is 1.88. The Kier molecular flexibility index (Phi) is 7.79. The van der Waals surface area contributed by atoms with Crippen molar-refractivity contribution in [1.29, 1.82) is 0 Å². The summed E-state index contributed by atoms with van der Waals surface area (Å²) >= 11 is 0. The second-order valence-electron chi connectivity index (χ2n) is 5.26. The zero-order valence-electron chi connectivity index (χ0n) is 13.1. The monoisotopic (exact) mass is 294 g/mol. The lowest BCUT2D eigenvalue weighted by Gasteiger charge is -2.13. The third-order valence-electron chi connectivity index (χ3n) is 3.02. The van der Waals surface area contributed by atoms with Crippen molar-refractivity contribution in [3.05, 3.63) is 23.8 Å². The van der Waals surface area contributed by atoms with E-state index in [0.717, 1.165) is 18.4 Å². The van der Waals surface area contributed by atoms with Gasteiger partial charge in [-0.15, -0.1) is 0 Å². The average Bonchev–Trinajstić information content (AvgIpc) is 2.41. The van der Waals surface area contributed by atoms with E-state index in [0.29, 0.717) is 31.1 Å². The largest absolute Gasteiger partial charge is 0.489 e. The minimum Gasteiger partial charge on any atom is -0.489 e. The van der Waals surface area contributed by atoms with Crippen LogP contribution in [0.3, 0.4) is 0 Å². The maximum Gasteiger partial charge on any atom is 0.224 e. The highest BCUT2D eigenvalue weighted by Gasteiger charge is 2.09. The van der Waals surface area contributed by atoms with Crippen LogP contribution in [0.2, 0.25) is 0 Å². The van der Waals surface area contributed by atoms with E-state index in [2.05, 4.69) is 5.32 Å². The molecule has 5 nitrogen and oxygen atoms in total. The summed E-state index contributed by atoms with van der Waals surface area (Å²) < 4.78 is 10.6. The molecule has 0 aliphatic rings. The van der Waals surface area contributed by atoms with Crippen molar-refractivity contribution in [1.82, 2.24) is 0 Å². The van der Waals surface area contributed by atoms with Gasteiger partial charge >= 0.3 is 0 Å². The van der Waals surface area contributed by atoms with E-state index < -0.39 is 0 Å². The number of hydrogen-bond donors (Lipinski definition) is 2. The molecule has 0 aliphatic carbocycles. The van der Waals surface area contributed by atoms with Crippen LogP contribution in [0.4, 0.5) is 5.69 Å². The summed E-state index contributed by atoms with van der Waals surface area (Å²) in [5.74, 6) is 0.656. The first kappa shape index (κ1) is 17.5. The van der Waals surface area contributed by atoms with Crippen molar-refractivity contribution < 1.29 is 14.3 Å². The van der Waals surface area contributed by atoms with Crippen molar-refractivity contribution in [2.75, 3.05) is 25.6 Å². The lowest BCUT2D eigenvalue weighted by Crippen LogP contribution is -2.17. The minimum atomic E-state index is -0.0175. The van der Waals surface area contributed by atoms with Crippen LogP contribution >= 0.6 is 0 Å². The van der Waals surface area contributed by atoms with Gasteiger partial charge < -0.3 is 20.5 Å². The number of ether oxygens (including phenoxy) is 2. The van der Waals surface area contributed by atoms with Crippen LogP contribution in [-0.2, 0) is 9.53 Å². The fraction of sp³-hybridized carbons (Fsp3) is 0.562. The number of rotatable bonds is 9. The number of aryl methyl sites for hydroxylation is 1. The predicted molar refractivity (Wildman–Crippen MR) is 84.7 cm³/mol. The maximum atomic E-state index is 11.9. The lowest BCUT2D eigenvalue weighted by atomic mass is 10.1. The highest BCUT2D eigenvalue weighted by Crippen LogP contribution is 2.26. The van der Waals surface area contributed by atoms with Gasteiger partial charge in [-0.3, -0.25) is 4.79 Å². The quantitative estimate of drug-likeness (QED) is 0.686. The molecular formula is C16H26N2O3. The molecule has 1 aromatic rings. The molecule has 5 heteroatoms. The molecule has 1 amide bonds. The number of nitrogens with two attached hydrogens (primary N) is 1. The molecule has 1 atom stereocenters. The number of anilines is 1. The van der Waals surface area contributed by atoms with Crippen molar-refractivity contribution >= 4 is 11.6 Å². The topological polar surface area (TPSA) is 73.6 Å². The minimum absolute atomic E-state index is 0.0175. The van der Waals surface area contributed by atoms with Gasteiger partial charge in [-0.1, -0.05) is 6.07 Å². The molecule has 0 aliphatic heterocycles. The molecule has 1 rings (SSSR count). The van der Waals surface area contributed by atoms with Crippen molar-refractivity contribution in [3.8, 4) is 5.75 Å². The van der Waals surface area contributed by atoms with Gasteiger partial charge in [-0.2, -0.15) is 0 Å². The first-order valence-corrected chi connectivity index (χ1v) is 7.30. The zero-order valence-corrected chi connectivity index (χ0v) is 13.1. The summed E-state index contributed by atoms with van der Waals surface area (Å²) in [5.41, 5.74) is 7.45. The smallest absolute Gasteiger partial charge is 0.224 e. The Hall–Kier alpha value is -1.59. The average molecular weight is 294 g/mol. The van der Waals surface area contributed by atoms with Crippen LogP contribution in [-0.4, -0.2) is 32.3 Å². The van der Waals surface area contributed by atoms with Gasteiger partial charge in [0, 0.05) is 19.6 Å². The molecule has 0 radical (unpaired) electrons. The van der Waals surface area contributed by atoms with Crippen molar-refractivity contribution in [2.45, 2.75) is 39.2 Å². The standard InChI is InChI=1S/C16H26N2O3/c1-12-7-8-14(15(11-12)21-10-9-20-3)18-16(19)6-4-5-13(2)17/h7-8,11,13H,4-6,9-10,17H2,1-3H3,(H,18,19). The molecule has 1 unspecified atom stereocenters. The Morgan fingerprint density at radius 2 is 2.14 bits per heavy atom. The van der Waals surface area contributed by atoms with Gasteiger partial charge in [-0.05, 0) is 44.4 Å². The predicted octanol–water partition coefficient (Wildman–Crippen LogP) is 2.48. The van der Waals surface area contributed by atoms with E-state index in [1.54, 1.807) is 7.11 Å². The van der Waals surface area contributed by atoms with E-state index in [-0.39, 0.29) is 11.9 Å². The van der Waals surface area contributed by atoms with Gasteiger partial charge in [0.25, 0.3) is 0 Å². The summed E-state index contributed by atoms with van der Waals surface area (Å²) in [4.78, 5) is 11.9. The first-order chi connectivity index (χ1) is 10.0. The third-order valence-corrected chi connectivity index (χ3v) is 3.02. The molecule has 21 heavy (non-hydrogen) atoms. The van der Waals surface area contributed by atoms with Crippen molar-refractivity contribution in [2.24, 2.45) is 5.73 Å². The van der Waals surface area contributed by atoms with E-state index in [9.17, 15) is 4.79 Å². The van der Waals surface area contributed by atoms with Crippen LogP contribution in [0.1, 0.15) is 31.7 Å². The summed E-state index contributed by atoms with van der Waals surface area (Å²) in [6.45, 7) is 4.89. The van der Waals surface area contributed by atoms with Gasteiger partial charge in [0.2, 0.25) is 5.91 Å². The molecule has 0 saturated carbocycles. The molecule has 118 valence electrons. The molecule has 0 bridgehead atoms. The summed E-state index contributed by atoms with van der Waals surface area (Å²) in [7, 11) is 1.63. The normalized spacial score (nSPS) is 12.0. The first-order valence-electron chi connectivity index (χ1n) is 7.30. The third kappa shape index (κ3) is 7.11. The summed E-state index contributed by atoms with van der Waals surface area (Å²) in [5, 5.41) is 2.89. The Bertz CT molecular complexity index is 447. The number of carbonyl (C=O) groups is 1. The molecule has 1 aromatic carbocycles. The van der Waals surface area contributed by atoms with Crippen molar-refractivity contribution in [3.63, 3.8) is 0 Å². The van der Waals surface area contributed by atoms with Gasteiger partial charge in [0.05, 0.1) is 12.3 Å². The highest BCUT2D eigenvalue weighted by atomic mass is 16.5. The van der Waals surface area contributed by atoms with E-state index in [4.69, 9.17) is 15.2 Å². The van der Waals surface area contributed by atoms with Crippen LogP contribution in [0.5, 0.6) is 5.75 Å². The summed E-state index contributed by atoms with van der Waals surface area (Å²) in [6, 6.07) is 5.85. The lowest BCUT2D eigenvalue weighted by molar-refractivity contribution is -0.116. The second kappa shape index (κ2) is 9.37. The molecule has 0 heterocycles. The van der Waals surface area contributed by atoms with Crippen LogP contribution in [0, 0.1) is 6.92 Å². The number of carbonyl (C=O) groups excluding carboxylic acids is 1. The Morgan fingerprint density at radius 3 is 2.81 bits per heavy atom. The Balaban J connectivity index is 2.57. The molecule has 0 spiro atoms. The second-order valence-corrected chi connectivity index (χ2v) is 5.26. The van der Waals surface area contributed by atoms with Crippen LogP contribution in [0.15, 0.2) is 18.2 Å². The molecule has 0 aromatic heterocycles. The molecular weight excluding hydrogens is 268 g/mol. The van der Waals surface area contributed by atoms with Crippen LogP contribution < -0.4 is 15.8 Å². The van der Waals surface area contributed by atoms with Gasteiger partial charge in [0.1, 0.15) is 12.4 Å². The number of methoxy groups -OCH3 is 1. The SMILES string of the molecule is COCCOc1cc(C)ccc1NC(=O)CCCC(C)N. The highest BCUT2D eigenvalue weighted by molar-refractivity contribution is 5.92. The van der Waals surface area contributed by atoms with E-state index in [1.165, 1.54) is 0 Å². The van der Waals surface area contributed by atoms with E-state index in [1.807, 2.05) is 32.0 Å². The molecule has 0 saturated heterocycles. The zero-order chi connectivity index (χ0) is 15.7. The number of amides is 1. The molecule has 0 fully saturated rings. The fourth-order valence-corrected chi connectivity index (χ4v) is 1.88. The number of nitrogens with one attached hydrogen (secondary N) is 1. The van der Waals surface area contributed by atoms with E-state index >= 15 is 0 Å². The maximum absolute atomic E-state index is 11.9.